The molecule has 0 aromatic carbocycles. The number of carbonyl (C=O) groups excluding carboxylic acids is 1. The van der Waals surface area contributed by atoms with Crippen molar-refractivity contribution < 1.29 is 64.6 Å². The molecule has 2 fully saturated rings. The van der Waals surface area contributed by atoms with Crippen molar-refractivity contribution in [2.45, 2.75) is 229 Å². The second-order valence-electron chi connectivity index (χ2n) is 19.7. The fourth-order valence-corrected chi connectivity index (χ4v) is 8.44. The number of carbonyl (C=O) groups is 1. The molecule has 2 saturated heterocycles. The van der Waals surface area contributed by atoms with Crippen molar-refractivity contribution >= 4 is 5.91 Å². The van der Waals surface area contributed by atoms with E-state index in [1.807, 2.05) is 19.1 Å². The maximum Gasteiger partial charge on any atom is 0.220 e. The maximum atomic E-state index is 13.2. The minimum absolute atomic E-state index is 0.246. The normalized spacial score (nSPS) is 25.7. The Balaban J connectivity index is 1.66. The van der Waals surface area contributed by atoms with E-state index < -0.39 is 86.8 Å². The molecule has 12 unspecified atom stereocenters. The van der Waals surface area contributed by atoms with Crippen molar-refractivity contribution in [2.75, 3.05) is 19.8 Å². The van der Waals surface area contributed by atoms with Crippen molar-refractivity contribution in [2.24, 2.45) is 0 Å². The van der Waals surface area contributed by atoms with Crippen molar-refractivity contribution in [1.29, 1.82) is 0 Å². The zero-order valence-corrected chi connectivity index (χ0v) is 47.1. The van der Waals surface area contributed by atoms with E-state index in [-0.39, 0.29) is 18.9 Å². The summed E-state index contributed by atoms with van der Waals surface area (Å²) in [6.07, 6.45) is 55.0. The standard InChI is InChI=1S/C64H101NO13/c1-3-5-7-9-11-13-14-15-16-17-18-19-20-21-22-23-24-25-26-27-28-29-30-31-32-33-34-35-36-37-38-40-42-44-46-48-56(69)65-52(53(68)47-45-43-41-39-12-10-8-6-4-2)51-75-63-61(74)59(72)62(55(50-67)77-63)78-64-60(73)58(71)57(70)54(49-66)76-64/h4-7,11-13,15-16,18-19,21-22,24-25,27-28,30-31,33-34,39,45,47,52-55,57-64,66-68,70-74H,3,8-10,14,17,20,23,26,29,32,35-38,40-44,46,48-51H2,1-2H3,(H,65,69)/b6-4+,7-5-,13-11-,16-15-,19-18-,22-21-,25-24-,28-27-,31-30-,34-33-,39-12+,47-45+. The first kappa shape index (κ1) is 70.0. The third-order valence-corrected chi connectivity index (χ3v) is 13.1. The molecule has 0 saturated carbocycles. The number of unbranched alkanes of at least 4 members (excludes halogenated alkanes) is 9. The number of ether oxygens (including phenoxy) is 4. The molecule has 14 nitrogen and oxygen atoms in total. The van der Waals surface area contributed by atoms with Crippen LogP contribution < -0.4 is 5.32 Å². The van der Waals surface area contributed by atoms with Crippen LogP contribution in [-0.4, -0.2) is 140 Å². The van der Waals surface area contributed by atoms with Crippen LogP contribution >= 0.6 is 0 Å². The molecule has 2 heterocycles. The van der Waals surface area contributed by atoms with Gasteiger partial charge in [-0.05, 0) is 110 Å². The molecular weight excluding hydrogens is 991 g/mol. The minimum Gasteiger partial charge on any atom is -0.394 e. The van der Waals surface area contributed by atoms with Crippen LogP contribution in [0.2, 0.25) is 0 Å². The minimum atomic E-state index is -1.80. The van der Waals surface area contributed by atoms with E-state index in [0.717, 1.165) is 122 Å². The number of hydrogen-bond donors (Lipinski definition) is 9. The van der Waals surface area contributed by atoms with Crippen molar-refractivity contribution in [3.8, 4) is 0 Å². The van der Waals surface area contributed by atoms with Gasteiger partial charge < -0.3 is 65.1 Å². The lowest BCUT2D eigenvalue weighted by molar-refractivity contribution is -0.359. The first-order chi connectivity index (χ1) is 38.1. The van der Waals surface area contributed by atoms with Crippen molar-refractivity contribution in [1.82, 2.24) is 5.32 Å². The monoisotopic (exact) mass is 1090 g/mol. The molecule has 1 amide bonds. The van der Waals surface area contributed by atoms with Gasteiger partial charge in [0, 0.05) is 6.42 Å². The SMILES string of the molecule is C/C=C/CC/C=C/CC/C=C/C(O)C(COC1OC(CO)C(OC2OC(CO)C(O)C(O)C2O)C(O)C1O)NC(=O)CCCCCCCCC/C=C\C/C=C\C/C=C\C/C=C\C/C=C\C/C=C\C/C=C\C/C=C\C/C=C\CC. The Hall–Kier alpha value is -4.13. The summed E-state index contributed by atoms with van der Waals surface area (Å²) in [7, 11) is 0. The van der Waals surface area contributed by atoms with Gasteiger partial charge in [0.25, 0.3) is 0 Å². The van der Waals surface area contributed by atoms with Gasteiger partial charge >= 0.3 is 0 Å². The summed E-state index contributed by atoms with van der Waals surface area (Å²) >= 11 is 0. The summed E-state index contributed by atoms with van der Waals surface area (Å²) in [5, 5.41) is 86.7. The largest absolute Gasteiger partial charge is 0.394 e. The number of nitrogens with one attached hydrogen (secondary N) is 1. The van der Waals surface area contributed by atoms with Gasteiger partial charge in [-0.15, -0.1) is 0 Å². The van der Waals surface area contributed by atoms with Gasteiger partial charge in [0.15, 0.2) is 12.6 Å². The molecule has 0 bridgehead atoms. The first-order valence-corrected chi connectivity index (χ1v) is 29.0. The average Bonchev–Trinajstić information content (AvgIpc) is 3.47. The van der Waals surface area contributed by atoms with Crippen LogP contribution in [0.3, 0.4) is 0 Å². The molecule has 0 aromatic heterocycles. The third-order valence-electron chi connectivity index (χ3n) is 13.1. The highest BCUT2D eigenvalue weighted by molar-refractivity contribution is 5.76. The molecule has 78 heavy (non-hydrogen) atoms. The second-order valence-corrected chi connectivity index (χ2v) is 19.7. The number of aliphatic hydroxyl groups excluding tert-OH is 8. The summed E-state index contributed by atoms with van der Waals surface area (Å²) in [4.78, 5) is 13.2. The number of aliphatic hydroxyl groups is 8. The highest BCUT2D eigenvalue weighted by Gasteiger charge is 2.51. The molecule has 2 aliphatic heterocycles. The molecular formula is C64H101NO13. The zero-order valence-electron chi connectivity index (χ0n) is 47.1. The second kappa shape index (κ2) is 47.7. The van der Waals surface area contributed by atoms with Gasteiger partial charge in [-0.2, -0.15) is 0 Å². The van der Waals surface area contributed by atoms with Gasteiger partial charge in [-0.25, -0.2) is 0 Å². The number of rotatable bonds is 43. The van der Waals surface area contributed by atoms with Gasteiger partial charge in [0.2, 0.25) is 5.91 Å². The van der Waals surface area contributed by atoms with Crippen LogP contribution in [0.4, 0.5) is 0 Å². The lowest BCUT2D eigenvalue weighted by atomic mass is 9.97. The predicted molar refractivity (Wildman–Crippen MR) is 313 cm³/mol. The van der Waals surface area contributed by atoms with E-state index in [4.69, 9.17) is 18.9 Å². The Labute approximate surface area is 468 Å². The number of allylic oxidation sites excluding steroid dienone is 23. The van der Waals surface area contributed by atoms with E-state index in [1.54, 1.807) is 6.08 Å². The summed E-state index contributed by atoms with van der Waals surface area (Å²) in [6, 6.07) is -0.953. The number of hydrogen-bond acceptors (Lipinski definition) is 13. The fraction of sp³-hybridized carbons (Fsp3) is 0.609. The average molecular weight is 1090 g/mol. The van der Waals surface area contributed by atoms with E-state index >= 15 is 0 Å². The molecule has 2 aliphatic rings. The lowest BCUT2D eigenvalue weighted by Gasteiger charge is -2.46. The molecule has 14 heteroatoms. The summed E-state index contributed by atoms with van der Waals surface area (Å²) in [6.45, 7) is 2.37. The molecule has 0 aromatic rings. The number of amides is 1. The maximum absolute atomic E-state index is 13.2. The summed E-state index contributed by atoms with van der Waals surface area (Å²) in [5.74, 6) is -0.276. The van der Waals surface area contributed by atoms with Crippen molar-refractivity contribution in [3.63, 3.8) is 0 Å². The lowest BCUT2D eigenvalue weighted by Crippen LogP contribution is -2.65. The highest BCUT2D eigenvalue weighted by Crippen LogP contribution is 2.30. The Kier molecular flexibility index (Phi) is 42.8. The molecule has 9 N–H and O–H groups in total. The van der Waals surface area contributed by atoms with Gasteiger partial charge in [0.1, 0.15) is 48.8 Å². The van der Waals surface area contributed by atoms with Crippen LogP contribution in [0.25, 0.3) is 0 Å². The first-order valence-electron chi connectivity index (χ1n) is 29.0. The van der Waals surface area contributed by atoms with Gasteiger partial charge in [-0.3, -0.25) is 4.79 Å². The fourth-order valence-electron chi connectivity index (χ4n) is 8.44. The molecule has 0 radical (unpaired) electrons. The van der Waals surface area contributed by atoms with Gasteiger partial charge in [-0.1, -0.05) is 185 Å². The molecule has 0 spiro atoms. The van der Waals surface area contributed by atoms with Crippen LogP contribution in [0.1, 0.15) is 155 Å². The summed E-state index contributed by atoms with van der Waals surface area (Å²) in [5.41, 5.74) is 0. The Morgan fingerprint density at radius 1 is 0.487 bits per heavy atom. The Morgan fingerprint density at radius 2 is 0.910 bits per heavy atom. The van der Waals surface area contributed by atoms with E-state index in [1.165, 1.54) is 0 Å². The molecule has 440 valence electrons. The summed E-state index contributed by atoms with van der Waals surface area (Å²) < 4.78 is 22.6. The molecule has 12 atom stereocenters. The smallest absolute Gasteiger partial charge is 0.220 e. The molecule has 0 aliphatic carbocycles. The van der Waals surface area contributed by atoms with E-state index in [9.17, 15) is 45.6 Å². The molecule has 2 rings (SSSR count). The van der Waals surface area contributed by atoms with Crippen LogP contribution in [0.5, 0.6) is 0 Å². The predicted octanol–water partition coefficient (Wildman–Crippen LogP) is 9.77. The van der Waals surface area contributed by atoms with Crippen LogP contribution in [0.15, 0.2) is 146 Å². The quantitative estimate of drug-likeness (QED) is 0.0205. The van der Waals surface area contributed by atoms with Gasteiger partial charge in [0.05, 0.1) is 32.0 Å². The Morgan fingerprint density at radius 3 is 1.41 bits per heavy atom. The third kappa shape index (κ3) is 32.8. The van der Waals surface area contributed by atoms with E-state index in [0.29, 0.717) is 12.8 Å². The van der Waals surface area contributed by atoms with Crippen LogP contribution in [0, 0.1) is 0 Å². The van der Waals surface area contributed by atoms with E-state index in [2.05, 4.69) is 140 Å². The van der Waals surface area contributed by atoms with Crippen LogP contribution in [-0.2, 0) is 23.7 Å². The zero-order chi connectivity index (χ0) is 56.7. The van der Waals surface area contributed by atoms with Crippen molar-refractivity contribution in [3.05, 3.63) is 146 Å². The topological polar surface area (TPSA) is 228 Å². The highest BCUT2D eigenvalue weighted by atomic mass is 16.7. The Bertz CT molecular complexity index is 1860.